The highest BCUT2D eigenvalue weighted by atomic mass is 32.2. The van der Waals surface area contributed by atoms with E-state index in [4.69, 9.17) is 4.74 Å². The van der Waals surface area contributed by atoms with Crippen LogP contribution in [0.25, 0.3) is 0 Å². The summed E-state index contributed by atoms with van der Waals surface area (Å²) in [5, 5.41) is 0. The van der Waals surface area contributed by atoms with Crippen molar-refractivity contribution >= 4 is 16.8 Å². The number of hydrogen-bond acceptors (Lipinski definition) is 3. The summed E-state index contributed by atoms with van der Waals surface area (Å²) >= 11 is 0. The molecule has 0 saturated carbocycles. The zero-order valence-corrected chi connectivity index (χ0v) is 11.5. The molecule has 4 heteroatoms. The Morgan fingerprint density at radius 3 is 2.39 bits per heavy atom. The molecular weight excluding hydrogens is 248 g/mol. The van der Waals surface area contributed by atoms with Gasteiger partial charge in [-0.3, -0.25) is 0 Å². The highest BCUT2D eigenvalue weighted by Crippen LogP contribution is 2.15. The molecule has 0 spiro atoms. The Morgan fingerprint density at radius 1 is 1.28 bits per heavy atom. The van der Waals surface area contributed by atoms with Crippen molar-refractivity contribution in [2.24, 2.45) is 0 Å². The second-order valence-electron chi connectivity index (χ2n) is 3.76. The number of ether oxygens (including phenoxy) is 1. The van der Waals surface area contributed by atoms with Gasteiger partial charge in [-0.05, 0) is 38.5 Å². The van der Waals surface area contributed by atoms with Crippen molar-refractivity contribution < 1.29 is 13.7 Å². The van der Waals surface area contributed by atoms with Crippen LogP contribution in [0, 0.1) is 0 Å². The Morgan fingerprint density at radius 2 is 1.89 bits per heavy atom. The Labute approximate surface area is 110 Å². The molecule has 0 radical (unpaired) electrons. The van der Waals surface area contributed by atoms with Crippen LogP contribution in [0.2, 0.25) is 0 Å². The first-order valence-corrected chi connectivity index (χ1v) is 6.79. The van der Waals surface area contributed by atoms with Crippen LogP contribution >= 0.6 is 0 Å². The van der Waals surface area contributed by atoms with E-state index in [0.717, 1.165) is 5.57 Å². The minimum Gasteiger partial charge on any atom is -0.461 e. The number of hydrogen-bond donors (Lipinski definition) is 0. The van der Waals surface area contributed by atoms with E-state index < -0.39 is 16.8 Å². The highest BCUT2D eigenvalue weighted by molar-refractivity contribution is 7.90. The zero-order valence-electron chi connectivity index (χ0n) is 10.7. The first kappa shape index (κ1) is 14.4. The van der Waals surface area contributed by atoms with Gasteiger partial charge in [0.25, 0.3) is 0 Å². The smallest absolute Gasteiger partial charge is 0.355 e. The van der Waals surface area contributed by atoms with E-state index >= 15 is 0 Å². The van der Waals surface area contributed by atoms with Crippen LogP contribution in [0.15, 0.2) is 51.4 Å². The average Bonchev–Trinajstić information content (AvgIpc) is 2.36. The molecule has 18 heavy (non-hydrogen) atoms. The van der Waals surface area contributed by atoms with Crippen molar-refractivity contribution in [1.29, 1.82) is 0 Å². The molecule has 0 aliphatic rings. The van der Waals surface area contributed by atoms with Crippen molar-refractivity contribution in [2.75, 3.05) is 6.61 Å². The van der Waals surface area contributed by atoms with Crippen LogP contribution in [-0.2, 0) is 20.3 Å². The molecule has 0 aromatic heterocycles. The average molecular weight is 264 g/mol. The molecule has 0 amide bonds. The molecule has 0 bridgehead atoms. The van der Waals surface area contributed by atoms with E-state index in [0.29, 0.717) is 4.90 Å². The second-order valence-corrected chi connectivity index (χ2v) is 5.17. The molecule has 1 atom stereocenters. The maximum Gasteiger partial charge on any atom is 0.355 e. The van der Waals surface area contributed by atoms with Crippen molar-refractivity contribution in [3.8, 4) is 0 Å². The van der Waals surface area contributed by atoms with Gasteiger partial charge in [0.1, 0.15) is 10.8 Å². The number of benzene rings is 1. The molecule has 3 nitrogen and oxygen atoms in total. The van der Waals surface area contributed by atoms with Gasteiger partial charge >= 0.3 is 5.97 Å². The Hall–Kier alpha value is -1.64. The number of carbonyl (C=O) groups excluding carboxylic acids is 1. The van der Waals surface area contributed by atoms with E-state index in [1.165, 1.54) is 0 Å². The van der Waals surface area contributed by atoms with E-state index in [1.807, 2.05) is 6.07 Å². The van der Waals surface area contributed by atoms with Gasteiger partial charge < -0.3 is 4.74 Å². The van der Waals surface area contributed by atoms with Crippen LogP contribution in [-0.4, -0.2) is 16.8 Å². The van der Waals surface area contributed by atoms with Gasteiger partial charge in [0.05, 0.1) is 6.61 Å². The van der Waals surface area contributed by atoms with Crippen LogP contribution in [0.3, 0.4) is 0 Å². The summed E-state index contributed by atoms with van der Waals surface area (Å²) < 4.78 is 17.2. The molecule has 0 saturated heterocycles. The topological polar surface area (TPSA) is 43.4 Å². The summed E-state index contributed by atoms with van der Waals surface area (Å²) in [7, 11) is -1.56. The SMILES string of the molecule is CCOC(=O)C(=C=C(C)C)S(=O)c1ccccc1. The third kappa shape index (κ3) is 3.99. The van der Waals surface area contributed by atoms with Crippen molar-refractivity contribution in [2.45, 2.75) is 25.7 Å². The number of rotatable bonds is 4. The van der Waals surface area contributed by atoms with Gasteiger partial charge in [-0.15, -0.1) is 0 Å². The van der Waals surface area contributed by atoms with Gasteiger partial charge in [0, 0.05) is 4.90 Å². The maximum absolute atomic E-state index is 12.3. The van der Waals surface area contributed by atoms with Crippen molar-refractivity contribution in [1.82, 2.24) is 0 Å². The quantitative estimate of drug-likeness (QED) is 0.477. The fraction of sp³-hybridized carbons (Fsp3) is 0.286. The lowest BCUT2D eigenvalue weighted by molar-refractivity contribution is -0.137. The minimum absolute atomic E-state index is 0.0584. The first-order valence-electron chi connectivity index (χ1n) is 5.64. The lowest BCUT2D eigenvalue weighted by Crippen LogP contribution is -2.11. The van der Waals surface area contributed by atoms with Crippen LogP contribution in [0.5, 0.6) is 0 Å². The number of esters is 1. The predicted octanol–water partition coefficient (Wildman–Crippen LogP) is 2.81. The van der Waals surface area contributed by atoms with Gasteiger partial charge in [0.2, 0.25) is 0 Å². The minimum atomic E-state index is -1.56. The summed E-state index contributed by atoms with van der Waals surface area (Å²) in [6.45, 7) is 5.55. The predicted molar refractivity (Wildman–Crippen MR) is 71.4 cm³/mol. The Kier molecular flexibility index (Phi) is 5.56. The largest absolute Gasteiger partial charge is 0.461 e. The van der Waals surface area contributed by atoms with Crippen molar-refractivity contribution in [3.05, 3.63) is 46.5 Å². The van der Waals surface area contributed by atoms with E-state index in [9.17, 15) is 9.00 Å². The molecule has 1 unspecified atom stereocenters. The normalized spacial score (nSPS) is 11.3. The van der Waals surface area contributed by atoms with Crippen molar-refractivity contribution in [3.63, 3.8) is 0 Å². The molecule has 0 aliphatic heterocycles. The van der Waals surface area contributed by atoms with Gasteiger partial charge in [0.15, 0.2) is 4.91 Å². The monoisotopic (exact) mass is 264 g/mol. The standard InChI is InChI=1S/C14H16O3S/c1-4-17-14(15)13(10-11(2)3)18(16)12-8-6-5-7-9-12/h5-9H,4H2,1-3H3. The van der Waals surface area contributed by atoms with E-state index in [-0.39, 0.29) is 11.5 Å². The van der Waals surface area contributed by atoms with Gasteiger partial charge in [-0.2, -0.15) is 0 Å². The molecule has 0 aliphatic carbocycles. The summed E-state index contributed by atoms with van der Waals surface area (Å²) in [5.74, 6) is -0.583. The molecule has 0 N–H and O–H groups in total. The molecule has 0 heterocycles. The molecule has 96 valence electrons. The Balaban J connectivity index is 3.18. The second kappa shape index (κ2) is 6.94. The first-order chi connectivity index (χ1) is 8.56. The zero-order chi connectivity index (χ0) is 13.5. The lowest BCUT2D eigenvalue weighted by Gasteiger charge is -2.05. The molecular formula is C14H16O3S. The maximum atomic E-state index is 12.3. The van der Waals surface area contributed by atoms with Gasteiger partial charge in [-0.1, -0.05) is 23.9 Å². The third-order valence-electron chi connectivity index (χ3n) is 1.97. The molecule has 1 rings (SSSR count). The van der Waals surface area contributed by atoms with Crippen LogP contribution < -0.4 is 0 Å². The van der Waals surface area contributed by atoms with E-state index in [1.54, 1.807) is 45.0 Å². The molecule has 1 aromatic carbocycles. The summed E-state index contributed by atoms with van der Waals surface area (Å²) in [4.78, 5) is 12.4. The molecule has 1 aromatic rings. The summed E-state index contributed by atoms with van der Waals surface area (Å²) in [5.41, 5.74) is 3.60. The van der Waals surface area contributed by atoms with Crippen LogP contribution in [0.1, 0.15) is 20.8 Å². The van der Waals surface area contributed by atoms with E-state index in [2.05, 4.69) is 5.73 Å². The van der Waals surface area contributed by atoms with Crippen LogP contribution in [0.4, 0.5) is 0 Å². The fourth-order valence-electron chi connectivity index (χ4n) is 1.26. The lowest BCUT2D eigenvalue weighted by atomic mass is 10.3. The summed E-state index contributed by atoms with van der Waals surface area (Å²) in [6, 6.07) is 8.80. The highest BCUT2D eigenvalue weighted by Gasteiger charge is 2.19. The fourth-order valence-corrected chi connectivity index (χ4v) is 2.41. The summed E-state index contributed by atoms with van der Waals surface area (Å²) in [6.07, 6.45) is 0. The Bertz CT molecular complexity index is 507. The van der Waals surface area contributed by atoms with Gasteiger partial charge in [-0.25, -0.2) is 9.00 Å². The molecule has 0 fully saturated rings. The number of carbonyl (C=O) groups is 1. The third-order valence-corrected chi connectivity index (χ3v) is 3.31.